The molecule has 2 aliphatic carbocycles. The van der Waals surface area contributed by atoms with E-state index in [1.54, 1.807) is 0 Å². The van der Waals surface area contributed by atoms with Gasteiger partial charge < -0.3 is 5.11 Å². The summed E-state index contributed by atoms with van der Waals surface area (Å²) in [5.41, 5.74) is -0.336. The smallest absolute Gasteiger partial charge is 0.0814 e. The van der Waals surface area contributed by atoms with E-state index in [0.717, 1.165) is 31.5 Å². The topological polar surface area (TPSA) is 23.5 Å². The molecular weight excluding hydrogens is 198 g/mol. The van der Waals surface area contributed by atoms with Crippen LogP contribution in [-0.2, 0) is 0 Å². The summed E-state index contributed by atoms with van der Waals surface area (Å²) in [5.74, 6) is 1.41. The van der Waals surface area contributed by atoms with Gasteiger partial charge in [-0.3, -0.25) is 4.90 Å². The minimum atomic E-state index is -0.336. The highest BCUT2D eigenvalue weighted by Crippen LogP contribution is 2.42. The van der Waals surface area contributed by atoms with Gasteiger partial charge in [0.25, 0.3) is 0 Å². The summed E-state index contributed by atoms with van der Waals surface area (Å²) in [7, 11) is 0. The molecule has 3 fully saturated rings. The second-order valence-electron chi connectivity index (χ2n) is 6.52. The van der Waals surface area contributed by atoms with Crippen LogP contribution in [0.1, 0.15) is 51.9 Å². The Hall–Kier alpha value is -0.0800. The Kier molecular flexibility index (Phi) is 2.75. The van der Waals surface area contributed by atoms with Crippen LogP contribution in [0.15, 0.2) is 0 Å². The maximum Gasteiger partial charge on any atom is 0.0814 e. The molecule has 3 atom stereocenters. The lowest BCUT2D eigenvalue weighted by atomic mass is 9.73. The summed E-state index contributed by atoms with van der Waals surface area (Å²) >= 11 is 0. The third-order valence-electron chi connectivity index (χ3n) is 5.07. The quantitative estimate of drug-likeness (QED) is 0.777. The number of rotatable bonds is 2. The van der Waals surface area contributed by atoms with E-state index >= 15 is 0 Å². The Labute approximate surface area is 99.0 Å². The van der Waals surface area contributed by atoms with Crippen LogP contribution < -0.4 is 0 Å². The van der Waals surface area contributed by atoms with Crippen molar-refractivity contribution in [3.05, 3.63) is 0 Å². The maximum atomic E-state index is 10.8. The van der Waals surface area contributed by atoms with Crippen molar-refractivity contribution in [2.24, 2.45) is 11.8 Å². The van der Waals surface area contributed by atoms with Gasteiger partial charge in [0.15, 0.2) is 0 Å². The number of aliphatic hydroxyl groups is 1. The SMILES string of the molecule is CC1CCCC(C2(O)CCN(C3CC3)C2)C1. The van der Waals surface area contributed by atoms with Gasteiger partial charge in [-0.2, -0.15) is 0 Å². The van der Waals surface area contributed by atoms with E-state index in [0.29, 0.717) is 5.92 Å². The average Bonchev–Trinajstić information content (AvgIpc) is 3.03. The van der Waals surface area contributed by atoms with Crippen LogP contribution in [-0.4, -0.2) is 34.7 Å². The summed E-state index contributed by atoms with van der Waals surface area (Å²) in [5, 5.41) is 10.8. The van der Waals surface area contributed by atoms with Gasteiger partial charge in [0.1, 0.15) is 0 Å². The zero-order valence-corrected chi connectivity index (χ0v) is 10.5. The van der Waals surface area contributed by atoms with Gasteiger partial charge in [-0.1, -0.05) is 19.8 Å². The van der Waals surface area contributed by atoms with Crippen LogP contribution in [0, 0.1) is 11.8 Å². The molecule has 0 spiro atoms. The van der Waals surface area contributed by atoms with Gasteiger partial charge in [-0.25, -0.2) is 0 Å². The van der Waals surface area contributed by atoms with Crippen LogP contribution in [0.2, 0.25) is 0 Å². The summed E-state index contributed by atoms with van der Waals surface area (Å²) in [6.07, 6.45) is 9.00. The Morgan fingerprint density at radius 2 is 2.00 bits per heavy atom. The fourth-order valence-electron chi connectivity index (χ4n) is 3.85. The van der Waals surface area contributed by atoms with Crippen LogP contribution in [0.3, 0.4) is 0 Å². The fourth-order valence-corrected chi connectivity index (χ4v) is 3.85. The Bertz CT molecular complexity index is 263. The monoisotopic (exact) mass is 223 g/mol. The van der Waals surface area contributed by atoms with Crippen molar-refractivity contribution in [3.8, 4) is 0 Å². The molecule has 3 rings (SSSR count). The Morgan fingerprint density at radius 1 is 1.19 bits per heavy atom. The lowest BCUT2D eigenvalue weighted by molar-refractivity contribution is -0.0313. The number of hydrogen-bond acceptors (Lipinski definition) is 2. The normalized spacial score (nSPS) is 46.1. The highest BCUT2D eigenvalue weighted by molar-refractivity contribution is 5.00. The van der Waals surface area contributed by atoms with E-state index in [9.17, 15) is 5.11 Å². The molecule has 1 N–H and O–H groups in total. The molecule has 2 nitrogen and oxygen atoms in total. The lowest BCUT2D eigenvalue weighted by Crippen LogP contribution is -2.43. The van der Waals surface area contributed by atoms with Crippen molar-refractivity contribution in [3.63, 3.8) is 0 Å². The first-order valence-corrected chi connectivity index (χ1v) is 7.14. The van der Waals surface area contributed by atoms with Gasteiger partial charge in [-0.05, 0) is 43.9 Å². The van der Waals surface area contributed by atoms with E-state index in [-0.39, 0.29) is 5.60 Å². The standard InChI is InChI=1S/C14H25NO/c1-11-3-2-4-12(9-11)14(16)7-8-15(10-14)13-5-6-13/h11-13,16H,2-10H2,1H3. The van der Waals surface area contributed by atoms with Crippen LogP contribution in [0.25, 0.3) is 0 Å². The van der Waals surface area contributed by atoms with Crippen molar-refractivity contribution < 1.29 is 5.11 Å². The third kappa shape index (κ3) is 2.02. The summed E-state index contributed by atoms with van der Waals surface area (Å²) in [6, 6.07) is 0.829. The molecule has 1 aliphatic heterocycles. The van der Waals surface area contributed by atoms with Crippen molar-refractivity contribution in [2.75, 3.05) is 13.1 Å². The second-order valence-corrected chi connectivity index (χ2v) is 6.52. The van der Waals surface area contributed by atoms with Gasteiger partial charge >= 0.3 is 0 Å². The van der Waals surface area contributed by atoms with Crippen LogP contribution in [0.5, 0.6) is 0 Å². The fraction of sp³-hybridized carbons (Fsp3) is 1.00. The van der Waals surface area contributed by atoms with E-state index in [2.05, 4.69) is 11.8 Å². The van der Waals surface area contributed by atoms with Crippen LogP contribution >= 0.6 is 0 Å². The van der Waals surface area contributed by atoms with Gasteiger partial charge in [0.2, 0.25) is 0 Å². The predicted octanol–water partition coefficient (Wildman–Crippen LogP) is 2.41. The number of likely N-dealkylation sites (tertiary alicyclic amines) is 1. The summed E-state index contributed by atoms with van der Waals surface area (Å²) < 4.78 is 0. The molecule has 2 heteroatoms. The minimum Gasteiger partial charge on any atom is -0.388 e. The number of β-amino-alcohol motifs (C(OH)–C–C–N with tert-alkyl or cyclic N) is 1. The molecule has 2 saturated carbocycles. The van der Waals surface area contributed by atoms with Crippen molar-refractivity contribution >= 4 is 0 Å². The number of nitrogens with zero attached hydrogens (tertiary/aromatic N) is 1. The van der Waals surface area contributed by atoms with Crippen molar-refractivity contribution in [1.82, 2.24) is 4.90 Å². The van der Waals surface area contributed by atoms with Gasteiger partial charge in [0, 0.05) is 19.1 Å². The van der Waals surface area contributed by atoms with E-state index in [4.69, 9.17) is 0 Å². The molecule has 0 bridgehead atoms. The third-order valence-corrected chi connectivity index (χ3v) is 5.07. The van der Waals surface area contributed by atoms with Crippen molar-refractivity contribution in [1.29, 1.82) is 0 Å². The van der Waals surface area contributed by atoms with Crippen LogP contribution in [0.4, 0.5) is 0 Å². The second kappa shape index (κ2) is 3.99. The Balaban J connectivity index is 1.63. The molecule has 0 aromatic rings. The highest BCUT2D eigenvalue weighted by atomic mass is 16.3. The summed E-state index contributed by atoms with van der Waals surface area (Å²) in [6.45, 7) is 4.46. The molecule has 1 heterocycles. The van der Waals surface area contributed by atoms with Gasteiger partial charge in [-0.15, -0.1) is 0 Å². The number of hydrogen-bond donors (Lipinski definition) is 1. The molecule has 3 unspecified atom stereocenters. The largest absolute Gasteiger partial charge is 0.388 e. The minimum absolute atomic E-state index is 0.336. The zero-order chi connectivity index (χ0) is 11.2. The maximum absolute atomic E-state index is 10.8. The summed E-state index contributed by atoms with van der Waals surface area (Å²) in [4.78, 5) is 2.54. The highest BCUT2D eigenvalue weighted by Gasteiger charge is 2.46. The van der Waals surface area contributed by atoms with E-state index in [1.165, 1.54) is 38.5 Å². The molecule has 0 amide bonds. The molecular formula is C14H25NO. The molecule has 16 heavy (non-hydrogen) atoms. The van der Waals surface area contributed by atoms with E-state index < -0.39 is 0 Å². The molecule has 0 radical (unpaired) electrons. The molecule has 0 aromatic carbocycles. The lowest BCUT2D eigenvalue weighted by Gasteiger charge is -2.37. The molecule has 3 aliphatic rings. The van der Waals surface area contributed by atoms with Crippen molar-refractivity contribution in [2.45, 2.75) is 63.5 Å². The average molecular weight is 223 g/mol. The van der Waals surface area contributed by atoms with Gasteiger partial charge in [0.05, 0.1) is 5.60 Å². The first kappa shape index (κ1) is 11.0. The molecule has 92 valence electrons. The molecule has 1 saturated heterocycles. The Morgan fingerprint density at radius 3 is 2.69 bits per heavy atom. The zero-order valence-electron chi connectivity index (χ0n) is 10.5. The first-order chi connectivity index (χ1) is 7.67. The predicted molar refractivity (Wildman–Crippen MR) is 65.3 cm³/mol. The molecule has 0 aromatic heterocycles. The van der Waals surface area contributed by atoms with E-state index in [1.807, 2.05) is 0 Å². The first-order valence-electron chi connectivity index (χ1n) is 7.14.